The minimum Gasteiger partial charge on any atom is -0.370 e. The van der Waals surface area contributed by atoms with Crippen LogP contribution in [0.4, 0.5) is 0 Å². The Morgan fingerprint density at radius 1 is 1.61 bits per heavy atom. The highest BCUT2D eigenvalue weighted by molar-refractivity contribution is 5.95. The lowest BCUT2D eigenvalue weighted by molar-refractivity contribution is -0.0626. The number of nitrogens with two attached hydrogens (primary N) is 1. The van der Waals surface area contributed by atoms with E-state index < -0.39 is 0 Å². The zero-order valence-electron chi connectivity index (χ0n) is 11.1. The molecule has 2 heterocycles. The number of carbonyl (C=O) groups is 1. The summed E-state index contributed by atoms with van der Waals surface area (Å²) < 4.78 is 7.35. The van der Waals surface area contributed by atoms with Crippen molar-refractivity contribution in [2.75, 3.05) is 19.6 Å². The van der Waals surface area contributed by atoms with Crippen LogP contribution in [0.5, 0.6) is 0 Å². The molecule has 6 heteroatoms. The van der Waals surface area contributed by atoms with Crippen molar-refractivity contribution in [1.82, 2.24) is 14.7 Å². The molecule has 1 saturated heterocycles. The minimum absolute atomic E-state index is 0.00852. The summed E-state index contributed by atoms with van der Waals surface area (Å²) in [6.07, 6.45) is 1.57. The molecule has 1 amide bonds. The Morgan fingerprint density at radius 2 is 2.33 bits per heavy atom. The van der Waals surface area contributed by atoms with Crippen LogP contribution in [-0.4, -0.2) is 52.4 Å². The highest BCUT2D eigenvalue weighted by atomic mass is 16.5. The Bertz CT molecular complexity index is 443. The van der Waals surface area contributed by atoms with Crippen molar-refractivity contribution in [2.24, 2.45) is 12.8 Å². The number of aromatic nitrogens is 2. The van der Waals surface area contributed by atoms with E-state index in [9.17, 15) is 4.79 Å². The second-order valence-corrected chi connectivity index (χ2v) is 4.78. The van der Waals surface area contributed by atoms with Crippen molar-refractivity contribution in [1.29, 1.82) is 0 Å². The predicted octanol–water partition coefficient (Wildman–Crippen LogP) is -0.0833. The molecule has 100 valence electrons. The summed E-state index contributed by atoms with van der Waals surface area (Å²) in [5.74, 6) is 0.00852. The highest BCUT2D eigenvalue weighted by Crippen LogP contribution is 2.15. The second kappa shape index (κ2) is 5.07. The molecule has 18 heavy (non-hydrogen) atoms. The molecule has 1 aliphatic rings. The zero-order valence-corrected chi connectivity index (χ0v) is 11.1. The SMILES string of the molecule is Cc1c(C(=O)N2CC(C)OC(CN)C2)cnn1C. The standard InChI is InChI=1S/C12H20N4O2/c1-8-6-16(7-10(4-13)18-8)12(17)11-5-14-15(3)9(11)2/h5,8,10H,4,6-7,13H2,1-3H3. The number of aryl methyl sites for hydroxylation is 1. The van der Waals surface area contributed by atoms with Gasteiger partial charge in [0.1, 0.15) is 0 Å². The molecule has 2 rings (SSSR count). The number of carbonyl (C=O) groups excluding carboxylic acids is 1. The van der Waals surface area contributed by atoms with E-state index in [2.05, 4.69) is 5.10 Å². The third kappa shape index (κ3) is 2.39. The molecule has 0 aliphatic carbocycles. The van der Waals surface area contributed by atoms with Crippen molar-refractivity contribution in [2.45, 2.75) is 26.1 Å². The van der Waals surface area contributed by atoms with E-state index in [1.54, 1.807) is 15.8 Å². The first-order chi connectivity index (χ1) is 8.52. The lowest BCUT2D eigenvalue weighted by Gasteiger charge is -2.36. The topological polar surface area (TPSA) is 73.4 Å². The smallest absolute Gasteiger partial charge is 0.257 e. The fourth-order valence-corrected chi connectivity index (χ4v) is 2.22. The van der Waals surface area contributed by atoms with Gasteiger partial charge in [0.05, 0.1) is 24.0 Å². The minimum atomic E-state index is -0.0744. The zero-order chi connectivity index (χ0) is 13.3. The van der Waals surface area contributed by atoms with Gasteiger partial charge in [-0.2, -0.15) is 5.10 Å². The van der Waals surface area contributed by atoms with E-state index in [-0.39, 0.29) is 18.1 Å². The summed E-state index contributed by atoms with van der Waals surface area (Å²) in [4.78, 5) is 14.2. The quantitative estimate of drug-likeness (QED) is 0.799. The molecule has 6 nitrogen and oxygen atoms in total. The highest BCUT2D eigenvalue weighted by Gasteiger charge is 2.29. The van der Waals surface area contributed by atoms with E-state index in [1.165, 1.54) is 0 Å². The molecule has 0 radical (unpaired) electrons. The fraction of sp³-hybridized carbons (Fsp3) is 0.667. The maximum absolute atomic E-state index is 12.4. The Balaban J connectivity index is 2.15. The second-order valence-electron chi connectivity index (χ2n) is 4.78. The molecule has 2 N–H and O–H groups in total. The average Bonchev–Trinajstić information content (AvgIpc) is 2.68. The van der Waals surface area contributed by atoms with Gasteiger partial charge >= 0.3 is 0 Å². The number of morpholine rings is 1. The van der Waals surface area contributed by atoms with Crippen LogP contribution in [0.2, 0.25) is 0 Å². The molecule has 0 saturated carbocycles. The first-order valence-corrected chi connectivity index (χ1v) is 6.16. The normalized spacial score (nSPS) is 24.3. The molecule has 1 aliphatic heterocycles. The number of hydrogen-bond acceptors (Lipinski definition) is 4. The van der Waals surface area contributed by atoms with Gasteiger partial charge < -0.3 is 15.4 Å². The van der Waals surface area contributed by atoms with Gasteiger partial charge in [0.15, 0.2) is 0 Å². The van der Waals surface area contributed by atoms with Crippen LogP contribution < -0.4 is 5.73 Å². The van der Waals surface area contributed by atoms with E-state index >= 15 is 0 Å². The van der Waals surface area contributed by atoms with E-state index in [0.717, 1.165) is 5.69 Å². The molecule has 1 aromatic heterocycles. The summed E-state index contributed by atoms with van der Waals surface area (Å²) in [5, 5.41) is 4.10. The summed E-state index contributed by atoms with van der Waals surface area (Å²) in [7, 11) is 1.83. The van der Waals surface area contributed by atoms with Gasteiger partial charge in [0.2, 0.25) is 0 Å². The molecule has 2 unspecified atom stereocenters. The number of nitrogens with zero attached hydrogens (tertiary/aromatic N) is 3. The van der Waals surface area contributed by atoms with Gasteiger partial charge in [-0.15, -0.1) is 0 Å². The van der Waals surface area contributed by atoms with Crippen LogP contribution in [-0.2, 0) is 11.8 Å². The van der Waals surface area contributed by atoms with Gasteiger partial charge in [-0.1, -0.05) is 0 Å². The number of rotatable bonds is 2. The Morgan fingerprint density at radius 3 is 2.89 bits per heavy atom. The summed E-state index contributed by atoms with van der Waals surface area (Å²) >= 11 is 0. The Hall–Kier alpha value is -1.40. The molecule has 1 fully saturated rings. The largest absolute Gasteiger partial charge is 0.370 e. The first-order valence-electron chi connectivity index (χ1n) is 6.16. The molecule has 1 aromatic rings. The van der Waals surface area contributed by atoms with E-state index in [1.807, 2.05) is 20.9 Å². The van der Waals surface area contributed by atoms with E-state index in [4.69, 9.17) is 10.5 Å². The van der Waals surface area contributed by atoms with Crippen molar-refractivity contribution in [3.8, 4) is 0 Å². The number of amides is 1. The lowest BCUT2D eigenvalue weighted by atomic mass is 10.1. The maximum atomic E-state index is 12.4. The molecule has 2 atom stereocenters. The van der Waals surface area contributed by atoms with Crippen molar-refractivity contribution in [3.63, 3.8) is 0 Å². The van der Waals surface area contributed by atoms with Gasteiger partial charge in [-0.05, 0) is 13.8 Å². The third-order valence-corrected chi connectivity index (χ3v) is 3.34. The molecule has 0 bridgehead atoms. The summed E-state index contributed by atoms with van der Waals surface area (Å²) in [5.41, 5.74) is 7.15. The average molecular weight is 252 g/mol. The number of ether oxygens (including phenoxy) is 1. The Kier molecular flexibility index (Phi) is 3.68. The van der Waals surface area contributed by atoms with Gasteiger partial charge in [0, 0.05) is 32.4 Å². The molecule has 0 aromatic carbocycles. The monoisotopic (exact) mass is 252 g/mol. The van der Waals surface area contributed by atoms with Gasteiger partial charge in [-0.25, -0.2) is 0 Å². The van der Waals surface area contributed by atoms with Crippen molar-refractivity contribution >= 4 is 5.91 Å². The maximum Gasteiger partial charge on any atom is 0.257 e. The third-order valence-electron chi connectivity index (χ3n) is 3.34. The van der Waals surface area contributed by atoms with E-state index in [0.29, 0.717) is 25.2 Å². The number of hydrogen-bond donors (Lipinski definition) is 1. The van der Waals surface area contributed by atoms with Crippen LogP contribution in [0, 0.1) is 6.92 Å². The lowest BCUT2D eigenvalue weighted by Crippen LogP contribution is -2.51. The van der Waals surface area contributed by atoms with Crippen LogP contribution in [0.3, 0.4) is 0 Å². The predicted molar refractivity (Wildman–Crippen MR) is 67.2 cm³/mol. The molecular formula is C12H20N4O2. The molecular weight excluding hydrogens is 232 g/mol. The summed E-state index contributed by atoms with van der Waals surface area (Å²) in [6, 6.07) is 0. The van der Waals surface area contributed by atoms with Crippen LogP contribution in [0.25, 0.3) is 0 Å². The van der Waals surface area contributed by atoms with Gasteiger partial charge in [0.25, 0.3) is 5.91 Å². The first kappa shape index (κ1) is 13.0. The summed E-state index contributed by atoms with van der Waals surface area (Å²) in [6.45, 7) is 5.43. The molecule has 0 spiro atoms. The fourth-order valence-electron chi connectivity index (χ4n) is 2.22. The van der Waals surface area contributed by atoms with Crippen molar-refractivity contribution in [3.05, 3.63) is 17.5 Å². The van der Waals surface area contributed by atoms with Gasteiger partial charge in [-0.3, -0.25) is 9.48 Å². The van der Waals surface area contributed by atoms with Crippen LogP contribution >= 0.6 is 0 Å². The Labute approximate surface area is 107 Å². The van der Waals surface area contributed by atoms with Crippen LogP contribution in [0.1, 0.15) is 23.0 Å². The van der Waals surface area contributed by atoms with Crippen molar-refractivity contribution < 1.29 is 9.53 Å². The van der Waals surface area contributed by atoms with Crippen LogP contribution in [0.15, 0.2) is 6.20 Å².